The maximum absolute atomic E-state index is 13.0. The van der Waals surface area contributed by atoms with E-state index in [1.807, 2.05) is 29.2 Å². The summed E-state index contributed by atoms with van der Waals surface area (Å²) in [5.74, 6) is 1.11. The highest BCUT2D eigenvalue weighted by Crippen LogP contribution is 2.25. The van der Waals surface area contributed by atoms with E-state index in [1.54, 1.807) is 44.6 Å². The van der Waals surface area contributed by atoms with E-state index < -0.39 is 0 Å². The van der Waals surface area contributed by atoms with Crippen molar-refractivity contribution in [2.24, 2.45) is 0 Å². The van der Waals surface area contributed by atoms with E-state index in [0.717, 1.165) is 5.69 Å². The number of anilines is 2. The van der Waals surface area contributed by atoms with Gasteiger partial charge in [0.1, 0.15) is 11.5 Å². The highest BCUT2D eigenvalue weighted by molar-refractivity contribution is 6.02. The number of rotatable bonds is 6. The van der Waals surface area contributed by atoms with E-state index >= 15 is 0 Å². The first kappa shape index (κ1) is 21.3. The molecule has 8 nitrogen and oxygen atoms in total. The van der Waals surface area contributed by atoms with Crippen LogP contribution in [-0.4, -0.2) is 57.1 Å². The minimum atomic E-state index is -0.288. The summed E-state index contributed by atoms with van der Waals surface area (Å²) in [4.78, 5) is 29.1. The molecule has 4 rings (SSSR count). The molecule has 0 unspecified atom stereocenters. The van der Waals surface area contributed by atoms with Crippen LogP contribution in [-0.2, 0) is 0 Å². The van der Waals surface area contributed by atoms with Crippen molar-refractivity contribution >= 4 is 23.2 Å². The molecule has 1 aromatic heterocycles. The van der Waals surface area contributed by atoms with Gasteiger partial charge in [0.2, 0.25) is 0 Å². The number of hydrogen-bond acceptors (Lipinski definition) is 6. The second-order valence-electron chi connectivity index (χ2n) is 7.36. The molecule has 0 spiro atoms. The second kappa shape index (κ2) is 9.47. The number of nitrogens with one attached hydrogen (secondary N) is 1. The predicted molar refractivity (Wildman–Crippen MR) is 121 cm³/mol. The summed E-state index contributed by atoms with van der Waals surface area (Å²) >= 11 is 0. The smallest absolute Gasteiger partial charge is 0.291 e. The number of amides is 2. The van der Waals surface area contributed by atoms with E-state index in [2.05, 4.69) is 10.2 Å². The van der Waals surface area contributed by atoms with Gasteiger partial charge in [0.05, 0.1) is 20.5 Å². The molecule has 32 heavy (non-hydrogen) atoms. The molecular formula is C24H25N3O5. The average Bonchev–Trinajstić information content (AvgIpc) is 3.39. The van der Waals surface area contributed by atoms with Crippen LogP contribution >= 0.6 is 0 Å². The second-order valence-corrected chi connectivity index (χ2v) is 7.36. The number of ether oxygens (including phenoxy) is 2. The van der Waals surface area contributed by atoms with Crippen LogP contribution in [0.4, 0.5) is 11.4 Å². The van der Waals surface area contributed by atoms with Gasteiger partial charge in [-0.3, -0.25) is 9.59 Å². The fourth-order valence-electron chi connectivity index (χ4n) is 3.64. The predicted octanol–water partition coefficient (Wildman–Crippen LogP) is 3.51. The van der Waals surface area contributed by atoms with E-state index in [4.69, 9.17) is 13.9 Å². The van der Waals surface area contributed by atoms with Gasteiger partial charge in [-0.25, -0.2) is 0 Å². The zero-order chi connectivity index (χ0) is 22.5. The van der Waals surface area contributed by atoms with Crippen LogP contribution < -0.4 is 19.7 Å². The molecule has 166 valence electrons. The Labute approximate surface area is 186 Å². The first-order valence-corrected chi connectivity index (χ1v) is 10.3. The molecule has 0 radical (unpaired) electrons. The molecule has 2 amide bonds. The Kier molecular flexibility index (Phi) is 6.30. The largest absolute Gasteiger partial charge is 0.497 e. The van der Waals surface area contributed by atoms with Crippen LogP contribution in [0.25, 0.3) is 0 Å². The molecule has 1 aliphatic rings. The minimum absolute atomic E-state index is 0.0437. The molecule has 3 aromatic rings. The average molecular weight is 435 g/mol. The quantitative estimate of drug-likeness (QED) is 0.638. The fraction of sp³-hybridized carbons (Fsp3) is 0.250. The third kappa shape index (κ3) is 4.69. The third-order valence-corrected chi connectivity index (χ3v) is 5.40. The number of carbonyl (C=O) groups is 2. The van der Waals surface area contributed by atoms with Crippen molar-refractivity contribution < 1.29 is 23.5 Å². The summed E-state index contributed by atoms with van der Waals surface area (Å²) in [7, 11) is 3.13. The SMILES string of the molecule is COc1cc(OC)cc(C(=O)N2CCN(c3ccc(NC(=O)c4ccco4)cc3)CC2)c1. The summed E-state index contributed by atoms with van der Waals surface area (Å²) in [6, 6.07) is 16.1. The molecule has 2 aromatic carbocycles. The van der Waals surface area contributed by atoms with Gasteiger partial charge in [0.25, 0.3) is 11.8 Å². The zero-order valence-electron chi connectivity index (χ0n) is 18.0. The highest BCUT2D eigenvalue weighted by Gasteiger charge is 2.23. The maximum atomic E-state index is 13.0. The number of piperazine rings is 1. The molecule has 0 bridgehead atoms. The van der Waals surface area contributed by atoms with Crippen LogP contribution in [0.3, 0.4) is 0 Å². The van der Waals surface area contributed by atoms with Crippen molar-refractivity contribution in [3.05, 3.63) is 72.2 Å². The van der Waals surface area contributed by atoms with Crippen molar-refractivity contribution in [1.82, 2.24) is 4.90 Å². The van der Waals surface area contributed by atoms with Crippen LogP contribution in [0.15, 0.2) is 65.3 Å². The molecular weight excluding hydrogens is 410 g/mol. The van der Waals surface area contributed by atoms with Crippen molar-refractivity contribution in [2.45, 2.75) is 0 Å². The van der Waals surface area contributed by atoms with Crippen LogP contribution in [0.2, 0.25) is 0 Å². The maximum Gasteiger partial charge on any atom is 0.291 e. The van der Waals surface area contributed by atoms with E-state index in [1.165, 1.54) is 6.26 Å². The minimum Gasteiger partial charge on any atom is -0.497 e. The van der Waals surface area contributed by atoms with Gasteiger partial charge in [-0.05, 0) is 48.5 Å². The monoisotopic (exact) mass is 435 g/mol. The Balaban J connectivity index is 1.35. The van der Waals surface area contributed by atoms with Gasteiger partial charge >= 0.3 is 0 Å². The Morgan fingerprint density at radius 2 is 1.56 bits per heavy atom. The third-order valence-electron chi connectivity index (χ3n) is 5.40. The molecule has 0 saturated carbocycles. The van der Waals surface area contributed by atoms with Crippen molar-refractivity contribution in [2.75, 3.05) is 50.6 Å². The number of nitrogens with zero attached hydrogens (tertiary/aromatic N) is 2. The van der Waals surface area contributed by atoms with E-state index in [-0.39, 0.29) is 17.6 Å². The Hall–Kier alpha value is -3.94. The summed E-state index contributed by atoms with van der Waals surface area (Å²) in [5, 5.41) is 2.81. The van der Waals surface area contributed by atoms with E-state index in [9.17, 15) is 9.59 Å². The number of methoxy groups -OCH3 is 2. The molecule has 0 aliphatic carbocycles. The normalized spacial score (nSPS) is 13.6. The molecule has 1 fully saturated rings. The Bertz CT molecular complexity index is 1050. The first-order valence-electron chi connectivity index (χ1n) is 10.3. The Morgan fingerprint density at radius 1 is 0.906 bits per heavy atom. The molecule has 8 heteroatoms. The number of carbonyl (C=O) groups excluding carboxylic acids is 2. The lowest BCUT2D eigenvalue weighted by atomic mass is 10.1. The van der Waals surface area contributed by atoms with Crippen molar-refractivity contribution in [3.63, 3.8) is 0 Å². The topological polar surface area (TPSA) is 84.3 Å². The number of hydrogen-bond donors (Lipinski definition) is 1. The van der Waals surface area contributed by atoms with Gasteiger partial charge < -0.3 is 29.0 Å². The van der Waals surface area contributed by atoms with Gasteiger partial charge in [-0.1, -0.05) is 0 Å². The van der Waals surface area contributed by atoms with Gasteiger partial charge in [-0.15, -0.1) is 0 Å². The lowest BCUT2D eigenvalue weighted by molar-refractivity contribution is 0.0746. The lowest BCUT2D eigenvalue weighted by Gasteiger charge is -2.36. The highest BCUT2D eigenvalue weighted by atomic mass is 16.5. The van der Waals surface area contributed by atoms with Gasteiger partial charge in [0.15, 0.2) is 5.76 Å². The van der Waals surface area contributed by atoms with Gasteiger partial charge in [-0.2, -0.15) is 0 Å². The molecule has 1 aliphatic heterocycles. The number of furan rings is 1. The Morgan fingerprint density at radius 3 is 2.12 bits per heavy atom. The summed E-state index contributed by atoms with van der Waals surface area (Å²) in [5.41, 5.74) is 2.28. The van der Waals surface area contributed by atoms with Crippen molar-refractivity contribution in [3.8, 4) is 11.5 Å². The van der Waals surface area contributed by atoms with E-state index in [0.29, 0.717) is 48.9 Å². The summed E-state index contributed by atoms with van der Waals surface area (Å²) in [6.45, 7) is 2.64. The van der Waals surface area contributed by atoms with Crippen LogP contribution in [0.1, 0.15) is 20.9 Å². The van der Waals surface area contributed by atoms with Crippen LogP contribution in [0, 0.1) is 0 Å². The fourth-order valence-corrected chi connectivity index (χ4v) is 3.64. The summed E-state index contributed by atoms with van der Waals surface area (Å²) in [6.07, 6.45) is 1.47. The van der Waals surface area contributed by atoms with Crippen molar-refractivity contribution in [1.29, 1.82) is 0 Å². The zero-order valence-corrected chi connectivity index (χ0v) is 18.0. The molecule has 1 saturated heterocycles. The molecule has 0 atom stereocenters. The van der Waals surface area contributed by atoms with Gasteiger partial charge in [0, 0.05) is 49.2 Å². The standard InChI is InChI=1S/C24H25N3O5/c1-30-20-14-17(15-21(16-20)31-2)24(29)27-11-9-26(10-12-27)19-7-5-18(6-8-19)25-23(28)22-4-3-13-32-22/h3-8,13-16H,9-12H2,1-2H3,(H,25,28). The lowest BCUT2D eigenvalue weighted by Crippen LogP contribution is -2.48. The number of benzene rings is 2. The van der Waals surface area contributed by atoms with Crippen LogP contribution in [0.5, 0.6) is 11.5 Å². The first-order chi connectivity index (χ1) is 15.6. The molecule has 2 heterocycles. The molecule has 1 N–H and O–H groups in total. The summed E-state index contributed by atoms with van der Waals surface area (Å²) < 4.78 is 15.7.